The molecule has 0 aliphatic carbocycles. The van der Waals surface area contributed by atoms with Crippen LogP contribution in [0.15, 0.2) is 23.2 Å². The lowest BCUT2D eigenvalue weighted by atomic mass is 10.1. The maximum absolute atomic E-state index is 4.35. The minimum absolute atomic E-state index is 1.05. The first-order valence-electron chi connectivity index (χ1n) is 4.36. The van der Waals surface area contributed by atoms with Gasteiger partial charge in [0.15, 0.2) is 0 Å². The summed E-state index contributed by atoms with van der Waals surface area (Å²) in [5, 5.41) is 0. The molecular formula is C11H15N. The molecule has 0 bridgehead atoms. The third kappa shape index (κ3) is 1.73. The number of hydrogen-bond donors (Lipinski definition) is 0. The minimum atomic E-state index is 1.05. The Morgan fingerprint density at radius 1 is 1.42 bits per heavy atom. The number of aliphatic imine (C=N–C) groups is 1. The molecule has 0 atom stereocenters. The molecule has 0 radical (unpaired) electrons. The van der Waals surface area contributed by atoms with E-state index in [0.717, 1.165) is 12.1 Å². The number of nitrogens with zero attached hydrogens (tertiary/aromatic N) is 1. The van der Waals surface area contributed by atoms with Crippen LogP contribution in [-0.2, 0) is 6.42 Å². The van der Waals surface area contributed by atoms with Gasteiger partial charge in [0.1, 0.15) is 0 Å². The molecule has 1 rings (SSSR count). The average Bonchev–Trinajstić information content (AvgIpc) is 2.09. The van der Waals surface area contributed by atoms with Crippen molar-refractivity contribution in [3.8, 4) is 0 Å². The van der Waals surface area contributed by atoms with Crippen LogP contribution in [0.2, 0.25) is 0 Å². The maximum Gasteiger partial charge on any atom is 0.0686 e. The van der Waals surface area contributed by atoms with Crippen LogP contribution in [-0.4, -0.2) is 6.21 Å². The molecule has 12 heavy (non-hydrogen) atoms. The molecule has 0 aliphatic rings. The lowest BCUT2D eigenvalue weighted by Crippen LogP contribution is -1.84. The highest BCUT2D eigenvalue weighted by Gasteiger charge is 1.99. The van der Waals surface area contributed by atoms with Gasteiger partial charge in [-0.1, -0.05) is 25.1 Å². The van der Waals surface area contributed by atoms with Gasteiger partial charge >= 0.3 is 0 Å². The van der Waals surface area contributed by atoms with E-state index < -0.39 is 0 Å². The van der Waals surface area contributed by atoms with E-state index in [1.54, 1.807) is 0 Å². The topological polar surface area (TPSA) is 12.4 Å². The molecule has 1 heteroatoms. The second kappa shape index (κ2) is 4.05. The number of rotatable bonds is 2. The molecule has 0 saturated carbocycles. The summed E-state index contributed by atoms with van der Waals surface area (Å²) >= 11 is 0. The maximum atomic E-state index is 4.35. The summed E-state index contributed by atoms with van der Waals surface area (Å²) in [5.41, 5.74) is 3.73. The Bertz CT molecular complexity index is 287. The monoisotopic (exact) mass is 161 g/mol. The molecule has 1 nitrogen and oxygen atoms in total. The minimum Gasteiger partial charge on any atom is -0.261 e. The van der Waals surface area contributed by atoms with Crippen molar-refractivity contribution in [1.29, 1.82) is 0 Å². The SMILES string of the molecule is CC=Nc1c(C)cccc1CC. The van der Waals surface area contributed by atoms with Crippen molar-refractivity contribution in [2.24, 2.45) is 4.99 Å². The van der Waals surface area contributed by atoms with E-state index in [1.165, 1.54) is 11.1 Å². The van der Waals surface area contributed by atoms with Gasteiger partial charge in [-0.15, -0.1) is 0 Å². The highest BCUT2D eigenvalue weighted by molar-refractivity contribution is 5.64. The van der Waals surface area contributed by atoms with Gasteiger partial charge in [-0.2, -0.15) is 0 Å². The van der Waals surface area contributed by atoms with E-state index >= 15 is 0 Å². The molecule has 64 valence electrons. The van der Waals surface area contributed by atoms with Crippen molar-refractivity contribution in [1.82, 2.24) is 0 Å². The zero-order valence-corrected chi connectivity index (χ0v) is 7.96. The first kappa shape index (κ1) is 8.98. The van der Waals surface area contributed by atoms with Gasteiger partial charge in [0.25, 0.3) is 0 Å². The molecule has 0 saturated heterocycles. The molecule has 0 fully saturated rings. The van der Waals surface area contributed by atoms with Gasteiger partial charge in [-0.3, -0.25) is 4.99 Å². The van der Waals surface area contributed by atoms with Crippen LogP contribution in [0.3, 0.4) is 0 Å². The zero-order chi connectivity index (χ0) is 8.97. The fraction of sp³-hybridized carbons (Fsp3) is 0.364. The van der Waals surface area contributed by atoms with Crippen molar-refractivity contribution in [3.63, 3.8) is 0 Å². The van der Waals surface area contributed by atoms with Crippen LogP contribution in [0.5, 0.6) is 0 Å². The van der Waals surface area contributed by atoms with Crippen LogP contribution in [0.4, 0.5) is 5.69 Å². The van der Waals surface area contributed by atoms with Gasteiger partial charge in [0.2, 0.25) is 0 Å². The molecule has 0 aliphatic heterocycles. The van der Waals surface area contributed by atoms with Crippen molar-refractivity contribution in [3.05, 3.63) is 29.3 Å². The molecule has 0 spiro atoms. The van der Waals surface area contributed by atoms with Crippen molar-refractivity contribution in [2.45, 2.75) is 27.2 Å². The fourth-order valence-corrected chi connectivity index (χ4v) is 1.32. The van der Waals surface area contributed by atoms with Gasteiger partial charge in [0, 0.05) is 6.21 Å². The van der Waals surface area contributed by atoms with Gasteiger partial charge in [0.05, 0.1) is 5.69 Å². The van der Waals surface area contributed by atoms with E-state index in [1.807, 2.05) is 13.1 Å². The number of para-hydroxylation sites is 1. The Morgan fingerprint density at radius 2 is 2.17 bits per heavy atom. The second-order valence-electron chi connectivity index (χ2n) is 2.82. The standard InChI is InChI=1S/C11H15N/c1-4-10-8-6-7-9(3)11(10)12-5-2/h5-8H,4H2,1-3H3. The third-order valence-corrected chi connectivity index (χ3v) is 1.96. The normalized spacial score (nSPS) is 10.9. The van der Waals surface area contributed by atoms with E-state index in [-0.39, 0.29) is 0 Å². The van der Waals surface area contributed by atoms with Crippen molar-refractivity contribution >= 4 is 11.9 Å². The lowest BCUT2D eigenvalue weighted by molar-refractivity contribution is 1.12. The first-order valence-corrected chi connectivity index (χ1v) is 4.36. The Kier molecular flexibility index (Phi) is 3.03. The number of hydrogen-bond acceptors (Lipinski definition) is 1. The molecule has 0 heterocycles. The summed E-state index contributed by atoms with van der Waals surface area (Å²) in [6.45, 7) is 6.21. The predicted octanol–water partition coefficient (Wildman–Crippen LogP) is 3.28. The van der Waals surface area contributed by atoms with Gasteiger partial charge < -0.3 is 0 Å². The largest absolute Gasteiger partial charge is 0.261 e. The summed E-state index contributed by atoms with van der Waals surface area (Å²) in [7, 11) is 0. The van der Waals surface area contributed by atoms with Crippen LogP contribution >= 0.6 is 0 Å². The quantitative estimate of drug-likeness (QED) is 0.590. The van der Waals surface area contributed by atoms with Gasteiger partial charge in [-0.25, -0.2) is 0 Å². The number of aryl methyl sites for hydroxylation is 2. The fourth-order valence-electron chi connectivity index (χ4n) is 1.32. The second-order valence-corrected chi connectivity index (χ2v) is 2.82. The predicted molar refractivity (Wildman–Crippen MR) is 54.4 cm³/mol. The summed E-state index contributed by atoms with van der Waals surface area (Å²) < 4.78 is 0. The van der Waals surface area contributed by atoms with Crippen LogP contribution in [0.25, 0.3) is 0 Å². The summed E-state index contributed by atoms with van der Waals surface area (Å²) in [6, 6.07) is 6.32. The van der Waals surface area contributed by atoms with E-state index in [2.05, 4.69) is 37.0 Å². The summed E-state index contributed by atoms with van der Waals surface area (Å²) in [6.07, 6.45) is 2.90. The van der Waals surface area contributed by atoms with E-state index in [0.29, 0.717) is 0 Å². The highest BCUT2D eigenvalue weighted by Crippen LogP contribution is 2.23. The molecule has 0 N–H and O–H groups in total. The molecule has 0 unspecified atom stereocenters. The third-order valence-electron chi connectivity index (χ3n) is 1.96. The molecular weight excluding hydrogens is 146 g/mol. The summed E-state index contributed by atoms with van der Waals surface area (Å²) in [4.78, 5) is 4.35. The Labute approximate surface area is 74.2 Å². The average molecular weight is 161 g/mol. The van der Waals surface area contributed by atoms with Gasteiger partial charge in [-0.05, 0) is 31.4 Å². The lowest BCUT2D eigenvalue weighted by Gasteiger charge is -2.04. The smallest absolute Gasteiger partial charge is 0.0686 e. The Balaban J connectivity index is 3.19. The van der Waals surface area contributed by atoms with Crippen LogP contribution in [0, 0.1) is 6.92 Å². The summed E-state index contributed by atoms with van der Waals surface area (Å²) in [5.74, 6) is 0. The first-order chi connectivity index (χ1) is 5.79. The van der Waals surface area contributed by atoms with E-state index in [9.17, 15) is 0 Å². The van der Waals surface area contributed by atoms with E-state index in [4.69, 9.17) is 0 Å². The molecule has 1 aromatic rings. The Morgan fingerprint density at radius 3 is 2.75 bits per heavy atom. The van der Waals surface area contributed by atoms with Crippen LogP contribution in [0.1, 0.15) is 25.0 Å². The molecule has 0 aromatic heterocycles. The Hall–Kier alpha value is -1.11. The zero-order valence-electron chi connectivity index (χ0n) is 7.96. The van der Waals surface area contributed by atoms with Crippen molar-refractivity contribution < 1.29 is 0 Å². The van der Waals surface area contributed by atoms with Crippen LogP contribution < -0.4 is 0 Å². The molecule has 1 aromatic carbocycles. The number of benzene rings is 1. The molecule has 0 amide bonds. The van der Waals surface area contributed by atoms with Crippen molar-refractivity contribution in [2.75, 3.05) is 0 Å². The highest BCUT2D eigenvalue weighted by atomic mass is 14.7.